The zero-order valence-electron chi connectivity index (χ0n) is 29.0. The Morgan fingerprint density at radius 2 is 1.84 bits per heavy atom. The van der Waals surface area contributed by atoms with E-state index in [0.717, 1.165) is 66.1 Å². The lowest BCUT2D eigenvalue weighted by atomic mass is 9.70. The number of hydrogen-bond donors (Lipinski definition) is 1. The Bertz CT molecular complexity index is 2070. The summed E-state index contributed by atoms with van der Waals surface area (Å²) in [4.78, 5) is 19.7. The highest BCUT2D eigenvalue weighted by Crippen LogP contribution is 2.48. The van der Waals surface area contributed by atoms with Crippen LogP contribution < -0.4 is 9.47 Å². The van der Waals surface area contributed by atoms with Crippen LogP contribution in [0.1, 0.15) is 78.2 Å². The summed E-state index contributed by atoms with van der Waals surface area (Å²) < 4.78 is 44.6. The van der Waals surface area contributed by atoms with Crippen LogP contribution in [0.5, 0.6) is 11.8 Å². The van der Waals surface area contributed by atoms with Crippen molar-refractivity contribution in [2.45, 2.75) is 83.8 Å². The fourth-order valence-corrected chi connectivity index (χ4v) is 8.65. The Labute approximate surface area is 287 Å². The van der Waals surface area contributed by atoms with Gasteiger partial charge in [0.15, 0.2) is 5.65 Å². The minimum absolute atomic E-state index is 0.0371. The lowest BCUT2D eigenvalue weighted by Crippen LogP contribution is -2.39. The van der Waals surface area contributed by atoms with Gasteiger partial charge in [0.2, 0.25) is 21.8 Å². The van der Waals surface area contributed by atoms with E-state index in [-0.39, 0.29) is 23.9 Å². The second kappa shape index (κ2) is 12.1. The SMILES string of the molecule is Cc1ccc([C@@H](c2ccn3c(C)nnc3c2C)C(C)(C)C(=O)O)cc1CN1CC2(CC2)Oc2nc(OCCN3CCC3)c(C)cc2S1(=O)=O. The molecule has 0 amide bonds. The number of carboxylic acids is 1. The van der Waals surface area contributed by atoms with Gasteiger partial charge in [0, 0.05) is 30.8 Å². The molecule has 12 nitrogen and oxygen atoms in total. The molecule has 0 unspecified atom stereocenters. The van der Waals surface area contributed by atoms with Crippen LogP contribution in [-0.2, 0) is 21.4 Å². The van der Waals surface area contributed by atoms with E-state index in [9.17, 15) is 18.3 Å². The number of aliphatic carboxylic acids is 1. The van der Waals surface area contributed by atoms with Crippen molar-refractivity contribution in [3.8, 4) is 11.8 Å². The fourth-order valence-electron chi connectivity index (χ4n) is 7.02. The molecule has 0 radical (unpaired) electrons. The number of carbonyl (C=O) groups is 1. The average molecular weight is 689 g/mol. The number of sulfonamides is 1. The topological polar surface area (TPSA) is 139 Å². The molecule has 7 rings (SSSR count). The van der Waals surface area contributed by atoms with Gasteiger partial charge in [0.25, 0.3) is 0 Å². The van der Waals surface area contributed by atoms with E-state index in [2.05, 4.69) is 20.1 Å². The molecule has 1 N–H and O–H groups in total. The molecule has 4 aromatic rings. The molecule has 1 aliphatic carbocycles. The highest BCUT2D eigenvalue weighted by atomic mass is 32.2. The minimum Gasteiger partial charge on any atom is -0.481 e. The third kappa shape index (κ3) is 5.95. The van der Waals surface area contributed by atoms with E-state index in [1.807, 2.05) is 62.6 Å². The summed E-state index contributed by atoms with van der Waals surface area (Å²) in [6, 6.07) is 9.41. The Morgan fingerprint density at radius 1 is 1.08 bits per heavy atom. The Hall–Kier alpha value is -4.07. The van der Waals surface area contributed by atoms with Crippen molar-refractivity contribution in [3.63, 3.8) is 0 Å². The van der Waals surface area contributed by atoms with Crippen LogP contribution in [0.4, 0.5) is 0 Å². The zero-order chi connectivity index (χ0) is 34.9. The summed E-state index contributed by atoms with van der Waals surface area (Å²) in [6.45, 7) is 14.7. The van der Waals surface area contributed by atoms with E-state index >= 15 is 0 Å². The molecule has 3 aromatic heterocycles. The van der Waals surface area contributed by atoms with Crippen molar-refractivity contribution >= 4 is 21.6 Å². The van der Waals surface area contributed by atoms with Gasteiger partial charge in [-0.05, 0) is 114 Å². The van der Waals surface area contributed by atoms with Crippen LogP contribution >= 0.6 is 0 Å². The number of hydrogen-bond acceptors (Lipinski definition) is 9. The second-order valence-electron chi connectivity index (χ2n) is 14.5. The molecule has 1 atom stereocenters. The molecule has 2 aliphatic heterocycles. The molecular formula is C36H44N6O6S. The van der Waals surface area contributed by atoms with Crippen molar-refractivity contribution in [2.75, 3.05) is 32.8 Å². The standard InChI is InChI=1S/C36H44N6O6S/c1-22-8-9-26(30(35(5,6)34(43)44)28-10-15-42-25(4)38-39-31(42)24(28)3)19-27(22)20-41-21-36(11-12-36)48-33-29(49(41,45)46)18-23(2)32(37-33)47-17-16-40-13-7-14-40/h8-10,15,18-19,30H,7,11-14,16-17,20-21H2,1-6H3,(H,43,44)/t30-/m0/s1. The summed E-state index contributed by atoms with van der Waals surface area (Å²) >= 11 is 0. The summed E-state index contributed by atoms with van der Waals surface area (Å²) in [5.74, 6) is -0.276. The normalized spacial score (nSPS) is 19.1. The minimum atomic E-state index is -4.02. The largest absolute Gasteiger partial charge is 0.481 e. The first kappa shape index (κ1) is 33.4. The summed E-state index contributed by atoms with van der Waals surface area (Å²) in [5, 5.41) is 19.0. The number of benzene rings is 1. The molecule has 5 heterocycles. The van der Waals surface area contributed by atoms with Crippen LogP contribution in [0.2, 0.25) is 0 Å². The summed E-state index contributed by atoms with van der Waals surface area (Å²) in [6.07, 6.45) is 4.51. The van der Waals surface area contributed by atoms with Crippen molar-refractivity contribution in [2.24, 2.45) is 5.41 Å². The predicted octanol–water partition coefficient (Wildman–Crippen LogP) is 4.80. The lowest BCUT2D eigenvalue weighted by molar-refractivity contribution is -0.147. The molecule has 1 saturated carbocycles. The number of aromatic nitrogens is 4. The highest BCUT2D eigenvalue weighted by molar-refractivity contribution is 7.89. The van der Waals surface area contributed by atoms with Crippen LogP contribution in [-0.4, -0.2) is 86.7 Å². The Morgan fingerprint density at radius 3 is 2.51 bits per heavy atom. The van der Waals surface area contributed by atoms with Crippen molar-refractivity contribution in [1.82, 2.24) is 28.8 Å². The van der Waals surface area contributed by atoms with Crippen LogP contribution in [0.15, 0.2) is 41.4 Å². The number of likely N-dealkylation sites (tertiary alicyclic amines) is 1. The van der Waals surface area contributed by atoms with Crippen LogP contribution in [0.3, 0.4) is 0 Å². The number of aryl methyl sites for hydroxylation is 4. The first-order chi connectivity index (χ1) is 23.2. The fraction of sp³-hybridized carbons (Fsp3) is 0.500. The molecule has 1 aromatic carbocycles. The maximum Gasteiger partial charge on any atom is 0.310 e. The van der Waals surface area contributed by atoms with Gasteiger partial charge in [0.1, 0.15) is 22.9 Å². The van der Waals surface area contributed by atoms with Gasteiger partial charge in [-0.3, -0.25) is 14.1 Å². The maximum atomic E-state index is 14.4. The molecule has 0 bridgehead atoms. The highest BCUT2D eigenvalue weighted by Gasteiger charge is 2.53. The van der Waals surface area contributed by atoms with Gasteiger partial charge >= 0.3 is 5.97 Å². The number of ether oxygens (including phenoxy) is 2. The van der Waals surface area contributed by atoms with Crippen LogP contribution in [0, 0.1) is 33.1 Å². The van der Waals surface area contributed by atoms with Gasteiger partial charge in [-0.1, -0.05) is 18.2 Å². The maximum absolute atomic E-state index is 14.4. The lowest BCUT2D eigenvalue weighted by Gasteiger charge is -2.33. The van der Waals surface area contributed by atoms with Gasteiger partial charge in [-0.25, -0.2) is 8.42 Å². The van der Waals surface area contributed by atoms with Gasteiger partial charge in [-0.15, -0.1) is 10.2 Å². The zero-order valence-corrected chi connectivity index (χ0v) is 29.8. The molecule has 2 fully saturated rings. The third-order valence-corrected chi connectivity index (χ3v) is 12.4. The monoisotopic (exact) mass is 688 g/mol. The van der Waals surface area contributed by atoms with Crippen molar-refractivity contribution < 1.29 is 27.8 Å². The van der Waals surface area contributed by atoms with Gasteiger partial charge in [-0.2, -0.15) is 9.29 Å². The quantitative estimate of drug-likeness (QED) is 0.247. The number of fused-ring (bicyclic) bond motifs is 2. The van der Waals surface area contributed by atoms with Gasteiger partial charge < -0.3 is 14.6 Å². The Balaban J connectivity index is 1.24. The summed E-state index contributed by atoms with van der Waals surface area (Å²) in [5.41, 5.74) is 3.59. The molecule has 1 saturated heterocycles. The van der Waals surface area contributed by atoms with Crippen molar-refractivity contribution in [1.29, 1.82) is 0 Å². The Kier molecular flexibility index (Phi) is 8.23. The number of rotatable bonds is 10. The molecule has 3 aliphatic rings. The van der Waals surface area contributed by atoms with E-state index in [1.54, 1.807) is 19.9 Å². The molecule has 1 spiro atoms. The first-order valence-corrected chi connectivity index (χ1v) is 18.3. The summed E-state index contributed by atoms with van der Waals surface area (Å²) in [7, 11) is -4.02. The van der Waals surface area contributed by atoms with E-state index in [4.69, 9.17) is 9.47 Å². The van der Waals surface area contributed by atoms with Gasteiger partial charge in [0.05, 0.1) is 12.0 Å². The molecule has 260 valence electrons. The van der Waals surface area contributed by atoms with Crippen LogP contribution in [0.25, 0.3) is 5.65 Å². The number of pyridine rings is 2. The van der Waals surface area contributed by atoms with Crippen molar-refractivity contribution in [3.05, 3.63) is 75.7 Å². The van der Waals surface area contributed by atoms with E-state index in [1.165, 1.54) is 10.7 Å². The third-order valence-electron chi connectivity index (χ3n) is 10.6. The molecule has 13 heteroatoms. The number of carboxylic acid groups (broad SMARTS) is 1. The second-order valence-corrected chi connectivity index (χ2v) is 16.4. The molecule has 49 heavy (non-hydrogen) atoms. The number of nitrogens with zero attached hydrogens (tertiary/aromatic N) is 6. The predicted molar refractivity (Wildman–Crippen MR) is 183 cm³/mol. The smallest absolute Gasteiger partial charge is 0.310 e. The molecular weight excluding hydrogens is 644 g/mol. The average Bonchev–Trinajstić information content (AvgIpc) is 3.69. The van der Waals surface area contributed by atoms with E-state index < -0.39 is 32.9 Å². The first-order valence-electron chi connectivity index (χ1n) is 16.9. The van der Waals surface area contributed by atoms with E-state index in [0.29, 0.717) is 23.7 Å².